The molecule has 126 valence electrons. The molecule has 3 rings (SSSR count). The topological polar surface area (TPSA) is 0 Å². The highest BCUT2D eigenvalue weighted by Gasteiger charge is 2.19. The second-order valence-corrected chi connectivity index (χ2v) is 6.15. The number of benzene rings is 1. The molecule has 1 aromatic carbocycles. The molecule has 0 amide bonds. The molecule has 0 fully saturated rings. The van der Waals surface area contributed by atoms with Crippen LogP contribution in [0.3, 0.4) is 0 Å². The highest BCUT2D eigenvalue weighted by molar-refractivity contribution is 5.64. The van der Waals surface area contributed by atoms with E-state index in [9.17, 15) is 0 Å². The molecule has 0 aliphatic heterocycles. The van der Waals surface area contributed by atoms with Gasteiger partial charge in [0.05, 0.1) is 0 Å². The summed E-state index contributed by atoms with van der Waals surface area (Å²) in [5.41, 5.74) is 7.24. The van der Waals surface area contributed by atoms with Crippen LogP contribution in [0.4, 0.5) is 0 Å². The van der Waals surface area contributed by atoms with E-state index in [1.807, 2.05) is 27.7 Å². The molecule has 0 spiro atoms. The molecule has 0 N–H and O–H groups in total. The summed E-state index contributed by atoms with van der Waals surface area (Å²) in [5, 5.41) is 0. The number of allylic oxidation sites excluding steroid dienone is 5. The zero-order valence-corrected chi connectivity index (χ0v) is 16.1. The van der Waals surface area contributed by atoms with E-state index in [0.29, 0.717) is 11.8 Å². The maximum absolute atomic E-state index is 2.48. The first kappa shape index (κ1) is 19.5. The fourth-order valence-electron chi connectivity index (χ4n) is 3.06. The average Bonchev–Trinajstić information content (AvgIpc) is 2.76. The van der Waals surface area contributed by atoms with Gasteiger partial charge in [-0.05, 0) is 48.0 Å². The Morgan fingerprint density at radius 2 is 1.70 bits per heavy atom. The van der Waals surface area contributed by atoms with Crippen molar-refractivity contribution in [1.29, 1.82) is 0 Å². The Balaban J connectivity index is 0.000000615. The van der Waals surface area contributed by atoms with Gasteiger partial charge in [-0.1, -0.05) is 89.6 Å². The largest absolute Gasteiger partial charge is 0.0735 e. The third-order valence-corrected chi connectivity index (χ3v) is 4.30. The van der Waals surface area contributed by atoms with Crippen molar-refractivity contribution in [3.05, 3.63) is 64.3 Å². The summed E-state index contributed by atoms with van der Waals surface area (Å²) in [6.07, 6.45) is 11.9. The SMILES string of the molecule is CC.CC.Cc1ccc2c(c1)C=C1C=CC(C(C)C)=CC1CC2. The second kappa shape index (κ2) is 9.55. The van der Waals surface area contributed by atoms with Crippen molar-refractivity contribution in [3.8, 4) is 0 Å². The van der Waals surface area contributed by atoms with Gasteiger partial charge in [-0.2, -0.15) is 0 Å². The molecule has 2 aliphatic carbocycles. The summed E-state index contributed by atoms with van der Waals surface area (Å²) in [4.78, 5) is 0. The molecule has 0 radical (unpaired) electrons. The Kier molecular flexibility index (Phi) is 8.09. The molecule has 0 saturated carbocycles. The Morgan fingerprint density at radius 3 is 2.35 bits per heavy atom. The predicted molar refractivity (Wildman–Crippen MR) is 106 cm³/mol. The maximum Gasteiger partial charge on any atom is 0.00272 e. The van der Waals surface area contributed by atoms with Crippen molar-refractivity contribution in [1.82, 2.24) is 0 Å². The van der Waals surface area contributed by atoms with Gasteiger partial charge in [0.15, 0.2) is 0 Å². The molecular weight excluding hydrogens is 276 g/mol. The molecular formula is C23H34. The van der Waals surface area contributed by atoms with Crippen molar-refractivity contribution in [2.45, 2.75) is 61.3 Å². The molecule has 23 heavy (non-hydrogen) atoms. The van der Waals surface area contributed by atoms with Gasteiger partial charge < -0.3 is 0 Å². The lowest BCUT2D eigenvalue weighted by Crippen LogP contribution is -2.06. The Labute approximate surface area is 144 Å². The number of rotatable bonds is 1. The zero-order valence-electron chi connectivity index (χ0n) is 16.1. The summed E-state index contributed by atoms with van der Waals surface area (Å²) in [7, 11) is 0. The van der Waals surface area contributed by atoms with Crippen LogP contribution in [0.1, 0.15) is 64.7 Å². The van der Waals surface area contributed by atoms with Crippen LogP contribution in [0.2, 0.25) is 0 Å². The summed E-state index contributed by atoms with van der Waals surface area (Å²) in [6, 6.07) is 6.85. The normalized spacial score (nSPS) is 18.2. The van der Waals surface area contributed by atoms with Gasteiger partial charge >= 0.3 is 0 Å². The van der Waals surface area contributed by atoms with E-state index in [0.717, 1.165) is 0 Å². The van der Waals surface area contributed by atoms with Gasteiger partial charge in [0.1, 0.15) is 0 Å². The van der Waals surface area contributed by atoms with Crippen LogP contribution in [-0.2, 0) is 6.42 Å². The fraction of sp³-hybridized carbons (Fsp3) is 0.478. The maximum atomic E-state index is 2.48. The average molecular weight is 311 g/mol. The van der Waals surface area contributed by atoms with Crippen molar-refractivity contribution < 1.29 is 0 Å². The Morgan fingerprint density at radius 1 is 1.00 bits per heavy atom. The Bertz CT molecular complexity index is 582. The highest BCUT2D eigenvalue weighted by Crippen LogP contribution is 2.34. The minimum Gasteiger partial charge on any atom is -0.0735 e. The minimum absolute atomic E-state index is 0.607. The quantitative estimate of drug-likeness (QED) is 0.517. The minimum atomic E-state index is 0.607. The predicted octanol–water partition coefficient (Wildman–Crippen LogP) is 7.15. The smallest absolute Gasteiger partial charge is 0.00272 e. The lowest BCUT2D eigenvalue weighted by atomic mass is 9.85. The molecule has 1 unspecified atom stereocenters. The van der Waals surface area contributed by atoms with Crippen LogP contribution in [-0.4, -0.2) is 0 Å². The first-order chi connectivity index (χ1) is 11.1. The van der Waals surface area contributed by atoms with E-state index < -0.39 is 0 Å². The lowest BCUT2D eigenvalue weighted by Gasteiger charge is -2.20. The molecule has 0 nitrogen and oxygen atoms in total. The van der Waals surface area contributed by atoms with Crippen LogP contribution >= 0.6 is 0 Å². The lowest BCUT2D eigenvalue weighted by molar-refractivity contribution is 0.667. The van der Waals surface area contributed by atoms with Crippen LogP contribution in [0, 0.1) is 18.8 Å². The van der Waals surface area contributed by atoms with Crippen LogP contribution in [0.15, 0.2) is 47.6 Å². The molecule has 0 heteroatoms. The number of hydrogen-bond acceptors (Lipinski definition) is 0. The monoisotopic (exact) mass is 310 g/mol. The van der Waals surface area contributed by atoms with Gasteiger partial charge in [-0.3, -0.25) is 0 Å². The van der Waals surface area contributed by atoms with E-state index in [4.69, 9.17) is 0 Å². The van der Waals surface area contributed by atoms with E-state index in [1.54, 1.807) is 0 Å². The van der Waals surface area contributed by atoms with Gasteiger partial charge in [0.2, 0.25) is 0 Å². The first-order valence-corrected chi connectivity index (χ1v) is 9.34. The second-order valence-electron chi connectivity index (χ2n) is 6.15. The van der Waals surface area contributed by atoms with E-state index in [2.05, 4.69) is 63.3 Å². The van der Waals surface area contributed by atoms with Crippen molar-refractivity contribution >= 4 is 6.08 Å². The standard InChI is InChI=1S/C19H22.2C2H6/c1-13(2)16-7-9-18-12-19-10-14(3)4-5-15(19)6-8-17(18)11-16;2*1-2/h4-5,7,9-13,17H,6,8H2,1-3H3;2*1-2H3. The highest BCUT2D eigenvalue weighted by atomic mass is 14.2. The van der Waals surface area contributed by atoms with Crippen LogP contribution in [0.25, 0.3) is 6.08 Å². The van der Waals surface area contributed by atoms with E-state index >= 15 is 0 Å². The molecule has 0 bridgehead atoms. The number of hydrogen-bond donors (Lipinski definition) is 0. The van der Waals surface area contributed by atoms with Gasteiger partial charge in [-0.25, -0.2) is 0 Å². The van der Waals surface area contributed by atoms with Gasteiger partial charge in [-0.15, -0.1) is 0 Å². The zero-order chi connectivity index (χ0) is 17.4. The summed E-state index contributed by atoms with van der Waals surface area (Å²) >= 11 is 0. The van der Waals surface area contributed by atoms with E-state index in [-0.39, 0.29) is 0 Å². The van der Waals surface area contributed by atoms with Gasteiger partial charge in [0, 0.05) is 5.92 Å². The Hall–Kier alpha value is -1.56. The van der Waals surface area contributed by atoms with Crippen LogP contribution < -0.4 is 0 Å². The summed E-state index contributed by atoms with van der Waals surface area (Å²) in [5.74, 6) is 1.24. The van der Waals surface area contributed by atoms with Crippen molar-refractivity contribution in [3.63, 3.8) is 0 Å². The summed E-state index contributed by atoms with van der Waals surface area (Å²) < 4.78 is 0. The van der Waals surface area contributed by atoms with Crippen molar-refractivity contribution in [2.24, 2.45) is 11.8 Å². The fourth-order valence-corrected chi connectivity index (χ4v) is 3.06. The van der Waals surface area contributed by atoms with E-state index in [1.165, 1.54) is 40.7 Å². The molecule has 0 aromatic heterocycles. The van der Waals surface area contributed by atoms with Gasteiger partial charge in [0.25, 0.3) is 0 Å². The number of fused-ring (bicyclic) bond motifs is 2. The molecule has 1 atom stereocenters. The van der Waals surface area contributed by atoms with Crippen LogP contribution in [0.5, 0.6) is 0 Å². The molecule has 0 saturated heterocycles. The number of aryl methyl sites for hydroxylation is 2. The third-order valence-electron chi connectivity index (χ3n) is 4.30. The third kappa shape index (κ3) is 4.96. The molecule has 2 aliphatic rings. The van der Waals surface area contributed by atoms with Crippen molar-refractivity contribution in [2.75, 3.05) is 0 Å². The first-order valence-electron chi connectivity index (χ1n) is 9.34. The molecule has 1 aromatic rings. The molecule has 0 heterocycles. The summed E-state index contributed by atoms with van der Waals surface area (Å²) in [6.45, 7) is 14.7.